The number of hydrogen-bond donors (Lipinski definition) is 1. The van der Waals surface area contributed by atoms with E-state index in [9.17, 15) is 4.79 Å². The Hall–Kier alpha value is -1.81. The Kier molecular flexibility index (Phi) is 3.41. The van der Waals surface area contributed by atoms with Crippen LogP contribution in [0.1, 0.15) is 31.2 Å². The highest BCUT2D eigenvalue weighted by molar-refractivity contribution is 5.87. The van der Waals surface area contributed by atoms with E-state index in [-0.39, 0.29) is 12.1 Å². The lowest BCUT2D eigenvalue weighted by Gasteiger charge is -2.35. The van der Waals surface area contributed by atoms with Crippen LogP contribution >= 0.6 is 0 Å². The maximum absolute atomic E-state index is 12.3. The van der Waals surface area contributed by atoms with Crippen molar-refractivity contribution in [1.82, 2.24) is 9.88 Å². The zero-order valence-corrected chi connectivity index (χ0v) is 12.9. The Morgan fingerprint density at radius 1 is 1.27 bits per heavy atom. The van der Waals surface area contributed by atoms with Crippen LogP contribution in [0.25, 0.3) is 10.9 Å². The Morgan fingerprint density at radius 3 is 2.77 bits per heavy atom. The normalized spacial score (nSPS) is 28.1. The van der Waals surface area contributed by atoms with E-state index >= 15 is 0 Å². The molecule has 1 aromatic carbocycles. The van der Waals surface area contributed by atoms with Crippen molar-refractivity contribution in [3.05, 3.63) is 36.0 Å². The van der Waals surface area contributed by atoms with Gasteiger partial charge in [0.1, 0.15) is 6.10 Å². The third-order valence-corrected chi connectivity index (χ3v) is 5.36. The molecule has 4 nitrogen and oxygen atoms in total. The van der Waals surface area contributed by atoms with Crippen molar-refractivity contribution in [3.63, 3.8) is 0 Å². The average Bonchev–Trinajstić information content (AvgIpc) is 2.98. The molecule has 4 heteroatoms. The lowest BCUT2D eigenvalue weighted by atomic mass is 10.0. The first-order valence-electron chi connectivity index (χ1n) is 8.17. The number of piperidine rings is 1. The molecular formula is C18H22N2O2. The standard InChI is InChI=1S/C18H22N2O2/c1-20-13-6-7-14(20)10-15(9-13)22-18(21)8-12-11-19-17-5-3-2-4-16(12)17/h2-5,11,13-15,19H,6-10H2,1H3. The smallest absolute Gasteiger partial charge is 0.310 e. The summed E-state index contributed by atoms with van der Waals surface area (Å²) in [7, 11) is 2.20. The van der Waals surface area contributed by atoms with Crippen molar-refractivity contribution in [3.8, 4) is 0 Å². The molecule has 2 unspecified atom stereocenters. The SMILES string of the molecule is CN1C2CCC1CC(OC(=O)Cc1c[nH]c3ccccc13)C2. The zero-order chi connectivity index (χ0) is 15.1. The third kappa shape index (κ3) is 2.41. The quantitative estimate of drug-likeness (QED) is 0.886. The highest BCUT2D eigenvalue weighted by Gasteiger charge is 2.39. The molecular weight excluding hydrogens is 276 g/mol. The summed E-state index contributed by atoms with van der Waals surface area (Å²) in [6.45, 7) is 0. The summed E-state index contributed by atoms with van der Waals surface area (Å²) < 4.78 is 5.76. The topological polar surface area (TPSA) is 45.3 Å². The van der Waals surface area contributed by atoms with E-state index in [1.807, 2.05) is 30.5 Å². The third-order valence-electron chi connectivity index (χ3n) is 5.36. The second kappa shape index (κ2) is 5.43. The van der Waals surface area contributed by atoms with Gasteiger partial charge in [0.15, 0.2) is 0 Å². The number of ether oxygens (including phenoxy) is 1. The Labute approximate surface area is 130 Å². The molecule has 0 radical (unpaired) electrons. The highest BCUT2D eigenvalue weighted by Crippen LogP contribution is 2.35. The van der Waals surface area contributed by atoms with Gasteiger partial charge < -0.3 is 14.6 Å². The number of esters is 1. The number of para-hydroxylation sites is 1. The van der Waals surface area contributed by atoms with Gasteiger partial charge in [-0.15, -0.1) is 0 Å². The molecule has 2 saturated heterocycles. The maximum atomic E-state index is 12.3. The molecule has 22 heavy (non-hydrogen) atoms. The molecule has 1 aromatic heterocycles. The molecule has 2 fully saturated rings. The molecule has 0 aliphatic carbocycles. The molecule has 2 aliphatic rings. The fourth-order valence-electron chi connectivity index (χ4n) is 4.12. The van der Waals surface area contributed by atoms with E-state index in [1.54, 1.807) is 0 Å². The first kappa shape index (κ1) is 13.8. The van der Waals surface area contributed by atoms with Gasteiger partial charge in [-0.2, -0.15) is 0 Å². The number of nitrogens with one attached hydrogen (secondary N) is 1. The van der Waals surface area contributed by atoms with Crippen LogP contribution in [-0.2, 0) is 16.0 Å². The van der Waals surface area contributed by atoms with Gasteiger partial charge in [-0.05, 0) is 44.4 Å². The summed E-state index contributed by atoms with van der Waals surface area (Å²) in [5.74, 6) is -0.0984. The number of carbonyl (C=O) groups excluding carboxylic acids is 1. The van der Waals surface area contributed by atoms with Crippen LogP contribution in [0.15, 0.2) is 30.5 Å². The number of carbonyl (C=O) groups is 1. The maximum Gasteiger partial charge on any atom is 0.310 e. The Balaban J connectivity index is 1.41. The molecule has 1 N–H and O–H groups in total. The predicted octanol–water partition coefficient (Wildman–Crippen LogP) is 2.88. The van der Waals surface area contributed by atoms with E-state index in [2.05, 4.69) is 16.9 Å². The average molecular weight is 298 g/mol. The van der Waals surface area contributed by atoms with Crippen molar-refractivity contribution in [2.24, 2.45) is 0 Å². The van der Waals surface area contributed by atoms with Gasteiger partial charge in [0.25, 0.3) is 0 Å². The van der Waals surface area contributed by atoms with Gasteiger partial charge in [0, 0.05) is 29.2 Å². The lowest BCUT2D eigenvalue weighted by molar-refractivity contribution is -0.151. The number of aromatic amines is 1. The van der Waals surface area contributed by atoms with Crippen LogP contribution < -0.4 is 0 Å². The molecule has 4 rings (SSSR count). The monoisotopic (exact) mass is 298 g/mol. The number of H-pyrrole nitrogens is 1. The molecule has 0 spiro atoms. The van der Waals surface area contributed by atoms with E-state index in [4.69, 9.17) is 4.74 Å². The van der Waals surface area contributed by atoms with Crippen LogP contribution in [0.2, 0.25) is 0 Å². The summed E-state index contributed by atoms with van der Waals surface area (Å²) >= 11 is 0. The fourth-order valence-corrected chi connectivity index (χ4v) is 4.12. The summed E-state index contributed by atoms with van der Waals surface area (Å²) in [6.07, 6.45) is 6.86. The minimum atomic E-state index is -0.0984. The van der Waals surface area contributed by atoms with Crippen molar-refractivity contribution < 1.29 is 9.53 Å². The number of rotatable bonds is 3. The minimum Gasteiger partial charge on any atom is -0.462 e. The minimum absolute atomic E-state index is 0.0984. The van der Waals surface area contributed by atoms with E-state index in [1.165, 1.54) is 12.8 Å². The number of benzene rings is 1. The summed E-state index contributed by atoms with van der Waals surface area (Å²) in [6, 6.07) is 9.27. The number of aromatic nitrogens is 1. The first-order valence-corrected chi connectivity index (χ1v) is 8.17. The van der Waals surface area contributed by atoms with E-state index in [0.29, 0.717) is 18.5 Å². The molecule has 2 atom stereocenters. The second-order valence-electron chi connectivity index (χ2n) is 6.67. The second-order valence-corrected chi connectivity index (χ2v) is 6.67. The van der Waals surface area contributed by atoms with E-state index < -0.39 is 0 Å². The fraction of sp³-hybridized carbons (Fsp3) is 0.500. The lowest BCUT2D eigenvalue weighted by Crippen LogP contribution is -2.43. The van der Waals surface area contributed by atoms with Gasteiger partial charge in [-0.1, -0.05) is 18.2 Å². The van der Waals surface area contributed by atoms with Crippen LogP contribution in [0, 0.1) is 0 Å². The first-order chi connectivity index (χ1) is 10.7. The molecule has 2 aliphatic heterocycles. The summed E-state index contributed by atoms with van der Waals surface area (Å²) in [5, 5.41) is 1.11. The van der Waals surface area contributed by atoms with Gasteiger partial charge in [0.05, 0.1) is 6.42 Å². The predicted molar refractivity (Wildman–Crippen MR) is 85.7 cm³/mol. The number of nitrogens with zero attached hydrogens (tertiary/aromatic N) is 1. The van der Waals surface area contributed by atoms with Crippen LogP contribution in [0.3, 0.4) is 0 Å². The summed E-state index contributed by atoms with van der Waals surface area (Å²) in [5.41, 5.74) is 2.10. The van der Waals surface area contributed by atoms with Crippen molar-refractivity contribution in [2.75, 3.05) is 7.05 Å². The van der Waals surface area contributed by atoms with Crippen molar-refractivity contribution in [2.45, 2.75) is 50.3 Å². The van der Waals surface area contributed by atoms with Gasteiger partial charge in [-0.3, -0.25) is 4.79 Å². The molecule has 116 valence electrons. The van der Waals surface area contributed by atoms with Gasteiger partial charge >= 0.3 is 5.97 Å². The summed E-state index contributed by atoms with van der Waals surface area (Å²) in [4.78, 5) is 18.0. The van der Waals surface area contributed by atoms with Crippen molar-refractivity contribution >= 4 is 16.9 Å². The number of hydrogen-bond acceptors (Lipinski definition) is 3. The Morgan fingerprint density at radius 2 is 2.00 bits per heavy atom. The highest BCUT2D eigenvalue weighted by atomic mass is 16.5. The molecule has 0 amide bonds. The van der Waals surface area contributed by atoms with Crippen LogP contribution in [-0.4, -0.2) is 41.1 Å². The van der Waals surface area contributed by atoms with Gasteiger partial charge in [0.2, 0.25) is 0 Å². The van der Waals surface area contributed by atoms with E-state index in [0.717, 1.165) is 29.3 Å². The molecule has 0 saturated carbocycles. The molecule has 3 heterocycles. The molecule has 2 bridgehead atoms. The molecule has 2 aromatic rings. The zero-order valence-electron chi connectivity index (χ0n) is 12.9. The van der Waals surface area contributed by atoms with Crippen molar-refractivity contribution in [1.29, 1.82) is 0 Å². The van der Waals surface area contributed by atoms with Crippen LogP contribution in [0.4, 0.5) is 0 Å². The Bertz CT molecular complexity index is 679. The number of fused-ring (bicyclic) bond motifs is 3. The van der Waals surface area contributed by atoms with Gasteiger partial charge in [-0.25, -0.2) is 0 Å². The van der Waals surface area contributed by atoms with Crippen LogP contribution in [0.5, 0.6) is 0 Å². The largest absolute Gasteiger partial charge is 0.462 e.